The van der Waals surface area contributed by atoms with Gasteiger partial charge in [-0.05, 0) is 61.4 Å². The molecule has 4 rings (SSSR count). The van der Waals surface area contributed by atoms with Crippen molar-refractivity contribution in [2.45, 2.75) is 25.3 Å². The SMILES string of the molecule is COc1ccc(C(=O)N2c3ccccc3[C@@H](C(=O)Oc3ccc(Cl)c(Cl)c3)C[C@@H]2C)cc1. The number of fused-ring (bicyclic) bond motifs is 1. The molecule has 0 fully saturated rings. The van der Waals surface area contributed by atoms with Crippen molar-refractivity contribution in [1.82, 2.24) is 0 Å². The van der Waals surface area contributed by atoms with Crippen molar-refractivity contribution < 1.29 is 19.1 Å². The fourth-order valence-corrected chi connectivity index (χ4v) is 4.23. The van der Waals surface area contributed by atoms with Gasteiger partial charge in [-0.25, -0.2) is 0 Å². The first-order valence-electron chi connectivity index (χ1n) is 10.1. The molecule has 164 valence electrons. The van der Waals surface area contributed by atoms with Crippen molar-refractivity contribution in [3.8, 4) is 11.5 Å². The molecule has 7 heteroatoms. The second-order valence-corrected chi connectivity index (χ2v) is 8.41. The number of ether oxygens (including phenoxy) is 2. The molecule has 0 spiro atoms. The van der Waals surface area contributed by atoms with E-state index in [1.165, 1.54) is 6.07 Å². The molecule has 0 aromatic heterocycles. The van der Waals surface area contributed by atoms with Crippen LogP contribution in [0.2, 0.25) is 10.0 Å². The molecular formula is C25H21Cl2NO4. The molecule has 0 N–H and O–H groups in total. The molecule has 0 radical (unpaired) electrons. The number of carbonyl (C=O) groups is 2. The number of carbonyl (C=O) groups excluding carboxylic acids is 2. The third-order valence-corrected chi connectivity index (χ3v) is 6.28. The van der Waals surface area contributed by atoms with Crippen molar-refractivity contribution >= 4 is 40.8 Å². The van der Waals surface area contributed by atoms with E-state index in [0.29, 0.717) is 39.2 Å². The molecule has 0 unspecified atom stereocenters. The number of amides is 1. The summed E-state index contributed by atoms with van der Waals surface area (Å²) in [5.74, 6) is -0.0521. The van der Waals surface area contributed by atoms with Gasteiger partial charge in [-0.3, -0.25) is 9.59 Å². The van der Waals surface area contributed by atoms with Crippen molar-refractivity contribution in [3.05, 3.63) is 87.9 Å². The van der Waals surface area contributed by atoms with Crippen LogP contribution in [0.5, 0.6) is 11.5 Å². The summed E-state index contributed by atoms with van der Waals surface area (Å²) in [6.45, 7) is 1.93. The Morgan fingerprint density at radius 3 is 2.31 bits per heavy atom. The van der Waals surface area contributed by atoms with Crippen LogP contribution in [0.3, 0.4) is 0 Å². The minimum Gasteiger partial charge on any atom is -0.497 e. The highest BCUT2D eigenvalue weighted by atomic mass is 35.5. The number of anilines is 1. The van der Waals surface area contributed by atoms with Crippen LogP contribution in [0.1, 0.15) is 35.2 Å². The van der Waals surface area contributed by atoms with Crippen LogP contribution < -0.4 is 14.4 Å². The minimum atomic E-state index is -0.518. The van der Waals surface area contributed by atoms with E-state index in [0.717, 1.165) is 5.56 Å². The van der Waals surface area contributed by atoms with Crippen molar-refractivity contribution in [3.63, 3.8) is 0 Å². The molecule has 3 aromatic carbocycles. The molecule has 1 amide bonds. The highest BCUT2D eigenvalue weighted by Gasteiger charge is 2.38. The summed E-state index contributed by atoms with van der Waals surface area (Å²) in [5.41, 5.74) is 1.99. The maximum atomic E-state index is 13.4. The van der Waals surface area contributed by atoms with Gasteiger partial charge in [0.05, 0.1) is 23.1 Å². The molecule has 0 bridgehead atoms. The smallest absolute Gasteiger partial charge is 0.318 e. The topological polar surface area (TPSA) is 55.8 Å². The summed E-state index contributed by atoms with van der Waals surface area (Å²) in [6.07, 6.45) is 0.430. The number of rotatable bonds is 4. The van der Waals surface area contributed by atoms with Gasteiger partial charge in [-0.2, -0.15) is 0 Å². The van der Waals surface area contributed by atoms with Crippen LogP contribution in [-0.2, 0) is 4.79 Å². The number of hydrogen-bond donors (Lipinski definition) is 0. The number of esters is 1. The van der Waals surface area contributed by atoms with Gasteiger partial charge in [-0.1, -0.05) is 41.4 Å². The van der Waals surface area contributed by atoms with E-state index in [1.807, 2.05) is 31.2 Å². The molecule has 1 aliphatic rings. The fraction of sp³-hybridized carbons (Fsp3) is 0.200. The molecule has 0 aliphatic carbocycles. The first-order valence-corrected chi connectivity index (χ1v) is 10.9. The van der Waals surface area contributed by atoms with Gasteiger partial charge < -0.3 is 14.4 Å². The Morgan fingerprint density at radius 1 is 0.938 bits per heavy atom. The third kappa shape index (κ3) is 4.31. The van der Waals surface area contributed by atoms with Crippen LogP contribution in [0.25, 0.3) is 0 Å². The maximum absolute atomic E-state index is 13.4. The Hall–Kier alpha value is -3.02. The Labute approximate surface area is 196 Å². The summed E-state index contributed by atoms with van der Waals surface area (Å²) in [4.78, 5) is 28.2. The van der Waals surface area contributed by atoms with E-state index in [9.17, 15) is 9.59 Å². The Bertz CT molecular complexity index is 1160. The second-order valence-electron chi connectivity index (χ2n) is 7.60. The maximum Gasteiger partial charge on any atom is 0.318 e. The Morgan fingerprint density at radius 2 is 1.62 bits per heavy atom. The fourth-order valence-electron chi connectivity index (χ4n) is 3.95. The van der Waals surface area contributed by atoms with Gasteiger partial charge in [0.25, 0.3) is 5.91 Å². The standard InChI is InChI=1S/C25H21Cl2NO4/c1-15-13-20(25(30)32-18-11-12-21(26)22(27)14-18)19-5-3-4-6-23(19)28(15)24(29)16-7-9-17(31-2)10-8-16/h3-12,14-15,20H,13H2,1-2H3/t15-,20-/m0/s1. The van der Waals surface area contributed by atoms with Crippen molar-refractivity contribution in [1.29, 1.82) is 0 Å². The lowest BCUT2D eigenvalue weighted by molar-refractivity contribution is -0.136. The molecule has 1 aliphatic heterocycles. The normalized spacial score (nSPS) is 17.4. The van der Waals surface area contributed by atoms with Crippen LogP contribution in [0.4, 0.5) is 5.69 Å². The summed E-state index contributed by atoms with van der Waals surface area (Å²) in [6, 6.07) is 18.9. The van der Waals surface area contributed by atoms with Crippen LogP contribution in [-0.4, -0.2) is 25.0 Å². The van der Waals surface area contributed by atoms with Gasteiger partial charge in [-0.15, -0.1) is 0 Å². The average Bonchev–Trinajstić information content (AvgIpc) is 2.80. The largest absolute Gasteiger partial charge is 0.497 e. The predicted octanol–water partition coefficient (Wildman–Crippen LogP) is 6.13. The summed E-state index contributed by atoms with van der Waals surface area (Å²) < 4.78 is 10.8. The van der Waals surface area contributed by atoms with E-state index in [2.05, 4.69) is 0 Å². The lowest BCUT2D eigenvalue weighted by atomic mass is 9.85. The van der Waals surface area contributed by atoms with Crippen LogP contribution >= 0.6 is 23.2 Å². The van der Waals surface area contributed by atoms with Crippen LogP contribution in [0.15, 0.2) is 66.7 Å². The third-order valence-electron chi connectivity index (χ3n) is 5.54. The molecule has 0 saturated heterocycles. The van der Waals surface area contributed by atoms with E-state index >= 15 is 0 Å². The van der Waals surface area contributed by atoms with Crippen molar-refractivity contribution in [2.24, 2.45) is 0 Å². The van der Waals surface area contributed by atoms with E-state index in [4.69, 9.17) is 32.7 Å². The number of nitrogens with zero attached hydrogens (tertiary/aromatic N) is 1. The van der Waals surface area contributed by atoms with Gasteiger partial charge in [0.2, 0.25) is 0 Å². The summed E-state index contributed by atoms with van der Waals surface area (Å²) in [5, 5.41) is 0.696. The number of para-hydroxylation sites is 1. The lowest BCUT2D eigenvalue weighted by Crippen LogP contribution is -2.44. The van der Waals surface area contributed by atoms with E-state index < -0.39 is 11.9 Å². The van der Waals surface area contributed by atoms with E-state index in [-0.39, 0.29) is 11.9 Å². The predicted molar refractivity (Wildman–Crippen MR) is 125 cm³/mol. The molecular weight excluding hydrogens is 449 g/mol. The van der Waals surface area contributed by atoms with Gasteiger partial charge in [0.1, 0.15) is 11.5 Å². The zero-order valence-corrected chi connectivity index (χ0v) is 19.1. The number of halogens is 2. The van der Waals surface area contributed by atoms with Gasteiger partial charge in [0.15, 0.2) is 0 Å². The number of hydrogen-bond acceptors (Lipinski definition) is 4. The number of methoxy groups -OCH3 is 1. The first-order chi connectivity index (χ1) is 15.4. The second kappa shape index (κ2) is 9.23. The minimum absolute atomic E-state index is 0.135. The highest BCUT2D eigenvalue weighted by Crippen LogP contribution is 2.40. The lowest BCUT2D eigenvalue weighted by Gasteiger charge is -2.38. The number of benzene rings is 3. The van der Waals surface area contributed by atoms with E-state index in [1.54, 1.807) is 48.4 Å². The Balaban J connectivity index is 1.63. The molecule has 1 heterocycles. The van der Waals surface area contributed by atoms with Crippen molar-refractivity contribution in [2.75, 3.05) is 12.0 Å². The molecule has 5 nitrogen and oxygen atoms in total. The molecule has 32 heavy (non-hydrogen) atoms. The zero-order valence-electron chi connectivity index (χ0n) is 17.5. The van der Waals surface area contributed by atoms with Crippen LogP contribution in [0, 0.1) is 0 Å². The van der Waals surface area contributed by atoms with Gasteiger partial charge >= 0.3 is 5.97 Å². The quantitative estimate of drug-likeness (QED) is 0.340. The molecule has 3 aromatic rings. The first kappa shape index (κ1) is 22.2. The summed E-state index contributed by atoms with van der Waals surface area (Å²) >= 11 is 12.0. The zero-order chi connectivity index (χ0) is 22.8. The molecule has 2 atom stereocenters. The Kier molecular flexibility index (Phi) is 6.40. The average molecular weight is 470 g/mol. The highest BCUT2D eigenvalue weighted by molar-refractivity contribution is 6.42. The summed E-state index contributed by atoms with van der Waals surface area (Å²) in [7, 11) is 1.58. The monoisotopic (exact) mass is 469 g/mol. The molecule has 0 saturated carbocycles. The van der Waals surface area contributed by atoms with Gasteiger partial charge in [0, 0.05) is 23.4 Å².